The molecule has 0 amide bonds. The van der Waals surface area contributed by atoms with Gasteiger partial charge in [-0.15, -0.1) is 0 Å². The van der Waals surface area contributed by atoms with Crippen LogP contribution in [0.3, 0.4) is 0 Å². The van der Waals surface area contributed by atoms with E-state index < -0.39 is 5.60 Å². The number of rotatable bonds is 3. The molecule has 0 bridgehead atoms. The first-order chi connectivity index (χ1) is 7.41. The Kier molecular flexibility index (Phi) is 2.81. The lowest BCUT2D eigenvalue weighted by Crippen LogP contribution is -2.44. The molecule has 16 heavy (non-hydrogen) atoms. The Balaban J connectivity index is 2.31. The van der Waals surface area contributed by atoms with Gasteiger partial charge in [0, 0.05) is 12.0 Å². The maximum atomic E-state index is 9.91. The Morgan fingerprint density at radius 2 is 1.94 bits per heavy atom. The second-order valence-corrected chi connectivity index (χ2v) is 5.66. The van der Waals surface area contributed by atoms with E-state index in [2.05, 4.69) is 12.1 Å². The lowest BCUT2D eigenvalue weighted by Gasteiger charge is -2.40. The van der Waals surface area contributed by atoms with Gasteiger partial charge in [-0.3, -0.25) is 0 Å². The van der Waals surface area contributed by atoms with Gasteiger partial charge in [-0.05, 0) is 44.2 Å². The maximum Gasteiger partial charge on any atom is 0.0632 e. The molecular formula is C14H21NO. The van der Waals surface area contributed by atoms with Crippen molar-refractivity contribution in [3.05, 3.63) is 35.4 Å². The molecule has 0 saturated heterocycles. The van der Waals surface area contributed by atoms with E-state index in [1.165, 1.54) is 17.5 Å². The van der Waals surface area contributed by atoms with E-state index in [-0.39, 0.29) is 5.54 Å². The Bertz CT molecular complexity index is 375. The summed E-state index contributed by atoms with van der Waals surface area (Å²) in [5.41, 5.74) is 7.97. The van der Waals surface area contributed by atoms with Crippen LogP contribution in [-0.2, 0) is 12.0 Å². The molecule has 0 aromatic heterocycles. The van der Waals surface area contributed by atoms with Crippen LogP contribution in [0.15, 0.2) is 24.3 Å². The van der Waals surface area contributed by atoms with Gasteiger partial charge in [0.2, 0.25) is 0 Å². The van der Waals surface area contributed by atoms with Gasteiger partial charge in [0.1, 0.15) is 0 Å². The third-order valence-corrected chi connectivity index (χ3v) is 3.42. The van der Waals surface area contributed by atoms with Crippen molar-refractivity contribution in [2.75, 3.05) is 0 Å². The monoisotopic (exact) mass is 219 g/mol. The van der Waals surface area contributed by atoms with E-state index in [1.807, 2.05) is 26.0 Å². The largest absolute Gasteiger partial charge is 0.390 e. The molecule has 2 heteroatoms. The summed E-state index contributed by atoms with van der Waals surface area (Å²) >= 11 is 0. The second-order valence-electron chi connectivity index (χ2n) is 5.66. The van der Waals surface area contributed by atoms with Crippen LogP contribution in [0.4, 0.5) is 0 Å². The maximum absolute atomic E-state index is 9.91. The van der Waals surface area contributed by atoms with Crippen molar-refractivity contribution >= 4 is 0 Å². The number of hydrogen-bond acceptors (Lipinski definition) is 2. The van der Waals surface area contributed by atoms with Gasteiger partial charge in [0.15, 0.2) is 0 Å². The highest BCUT2D eigenvalue weighted by Gasteiger charge is 2.36. The van der Waals surface area contributed by atoms with Crippen LogP contribution in [0.2, 0.25) is 0 Å². The van der Waals surface area contributed by atoms with Crippen molar-refractivity contribution in [2.24, 2.45) is 5.73 Å². The molecule has 3 N–H and O–H groups in total. The zero-order valence-corrected chi connectivity index (χ0v) is 10.2. The van der Waals surface area contributed by atoms with Crippen molar-refractivity contribution in [3.63, 3.8) is 0 Å². The van der Waals surface area contributed by atoms with Gasteiger partial charge in [-0.2, -0.15) is 0 Å². The van der Waals surface area contributed by atoms with E-state index in [9.17, 15) is 5.11 Å². The minimum Gasteiger partial charge on any atom is -0.390 e. The summed E-state index contributed by atoms with van der Waals surface area (Å²) in [5, 5.41) is 9.91. The summed E-state index contributed by atoms with van der Waals surface area (Å²) in [6.07, 6.45) is 4.02. The number of hydrogen-bond donors (Lipinski definition) is 2. The van der Waals surface area contributed by atoms with Gasteiger partial charge in [-0.25, -0.2) is 0 Å². The van der Waals surface area contributed by atoms with E-state index in [0.717, 1.165) is 12.8 Å². The molecule has 1 aliphatic carbocycles. The molecule has 1 aromatic carbocycles. The van der Waals surface area contributed by atoms with Crippen LogP contribution in [-0.4, -0.2) is 10.7 Å². The Labute approximate surface area is 97.5 Å². The summed E-state index contributed by atoms with van der Waals surface area (Å²) in [5.74, 6) is 0. The molecule has 1 aromatic rings. The lowest BCUT2D eigenvalue weighted by molar-refractivity contribution is 0.0800. The van der Waals surface area contributed by atoms with Crippen molar-refractivity contribution in [1.82, 2.24) is 0 Å². The smallest absolute Gasteiger partial charge is 0.0632 e. The predicted octanol–water partition coefficient (Wildman–Crippen LogP) is 2.34. The molecule has 0 spiro atoms. The first-order valence-electron chi connectivity index (χ1n) is 6.00. The third-order valence-electron chi connectivity index (χ3n) is 3.42. The minimum atomic E-state index is -0.670. The van der Waals surface area contributed by atoms with E-state index in [0.29, 0.717) is 6.42 Å². The van der Waals surface area contributed by atoms with Gasteiger partial charge in [0.05, 0.1) is 5.60 Å². The fraction of sp³-hybridized carbons (Fsp3) is 0.571. The quantitative estimate of drug-likeness (QED) is 0.819. The third kappa shape index (κ3) is 2.28. The molecule has 1 aliphatic rings. The molecule has 0 unspecified atom stereocenters. The highest BCUT2D eigenvalue weighted by atomic mass is 16.3. The normalized spacial score (nSPS) is 19.2. The van der Waals surface area contributed by atoms with Gasteiger partial charge in [-0.1, -0.05) is 24.3 Å². The summed E-state index contributed by atoms with van der Waals surface area (Å²) in [6, 6.07) is 8.25. The molecule has 1 fully saturated rings. The zero-order chi connectivity index (χ0) is 11.8. The first kappa shape index (κ1) is 11.6. The molecule has 0 atom stereocenters. The Morgan fingerprint density at radius 3 is 2.44 bits per heavy atom. The van der Waals surface area contributed by atoms with Crippen molar-refractivity contribution in [1.29, 1.82) is 0 Å². The lowest BCUT2D eigenvalue weighted by atomic mass is 9.70. The first-order valence-corrected chi connectivity index (χ1v) is 6.00. The van der Waals surface area contributed by atoms with Gasteiger partial charge < -0.3 is 10.8 Å². The van der Waals surface area contributed by atoms with Crippen LogP contribution in [0, 0.1) is 0 Å². The summed E-state index contributed by atoms with van der Waals surface area (Å²) < 4.78 is 0. The molecule has 0 heterocycles. The standard InChI is InChI=1S/C14H21NO/c1-13(2,16)10-11-6-3-4-7-12(11)14(15)8-5-9-14/h3-4,6-7,16H,5,8-10,15H2,1-2H3. The summed E-state index contributed by atoms with van der Waals surface area (Å²) in [7, 11) is 0. The fourth-order valence-electron chi connectivity index (χ4n) is 2.45. The highest BCUT2D eigenvalue weighted by molar-refractivity contribution is 5.36. The van der Waals surface area contributed by atoms with Crippen LogP contribution in [0.1, 0.15) is 44.2 Å². The van der Waals surface area contributed by atoms with Crippen LogP contribution in [0.5, 0.6) is 0 Å². The number of nitrogens with two attached hydrogens (primary N) is 1. The second kappa shape index (κ2) is 3.86. The molecule has 2 rings (SSSR count). The fourth-order valence-corrected chi connectivity index (χ4v) is 2.45. The Hall–Kier alpha value is -0.860. The Morgan fingerprint density at radius 1 is 1.31 bits per heavy atom. The van der Waals surface area contributed by atoms with Crippen molar-refractivity contribution in [3.8, 4) is 0 Å². The van der Waals surface area contributed by atoms with Gasteiger partial charge >= 0.3 is 0 Å². The molecular weight excluding hydrogens is 198 g/mol. The van der Waals surface area contributed by atoms with E-state index in [4.69, 9.17) is 5.73 Å². The van der Waals surface area contributed by atoms with Crippen LogP contribution >= 0.6 is 0 Å². The highest BCUT2D eigenvalue weighted by Crippen LogP contribution is 2.40. The molecule has 1 saturated carbocycles. The van der Waals surface area contributed by atoms with Crippen molar-refractivity contribution in [2.45, 2.75) is 50.7 Å². The molecule has 88 valence electrons. The molecule has 0 radical (unpaired) electrons. The minimum absolute atomic E-state index is 0.137. The average molecular weight is 219 g/mol. The SMILES string of the molecule is CC(C)(O)Cc1ccccc1C1(N)CCC1. The predicted molar refractivity (Wildman–Crippen MR) is 66.2 cm³/mol. The topological polar surface area (TPSA) is 46.2 Å². The molecule has 2 nitrogen and oxygen atoms in total. The van der Waals surface area contributed by atoms with Crippen molar-refractivity contribution < 1.29 is 5.11 Å². The summed E-state index contributed by atoms with van der Waals surface area (Å²) in [6.45, 7) is 3.68. The zero-order valence-electron chi connectivity index (χ0n) is 10.2. The number of aliphatic hydroxyl groups is 1. The van der Waals surface area contributed by atoms with Crippen LogP contribution < -0.4 is 5.73 Å². The average Bonchev–Trinajstić information content (AvgIpc) is 2.12. The van der Waals surface area contributed by atoms with E-state index >= 15 is 0 Å². The van der Waals surface area contributed by atoms with E-state index in [1.54, 1.807) is 0 Å². The van der Waals surface area contributed by atoms with Crippen LogP contribution in [0.25, 0.3) is 0 Å². The molecule has 0 aliphatic heterocycles. The number of benzene rings is 1. The summed E-state index contributed by atoms with van der Waals surface area (Å²) in [4.78, 5) is 0. The van der Waals surface area contributed by atoms with Gasteiger partial charge in [0.25, 0.3) is 0 Å².